The number of pyridine rings is 1. The molecule has 1 aliphatic heterocycles. The minimum Gasteiger partial charge on any atom is -0.334 e. The lowest BCUT2D eigenvalue weighted by molar-refractivity contribution is -0.137. The summed E-state index contributed by atoms with van der Waals surface area (Å²) < 4.78 is 0. The highest BCUT2D eigenvalue weighted by atomic mass is 16.2. The highest BCUT2D eigenvalue weighted by molar-refractivity contribution is 6.00. The van der Waals surface area contributed by atoms with Crippen LogP contribution in [0.2, 0.25) is 0 Å². The highest BCUT2D eigenvalue weighted by Gasteiger charge is 2.37. The third-order valence-corrected chi connectivity index (χ3v) is 5.57. The second-order valence-electron chi connectivity index (χ2n) is 7.72. The molecule has 1 fully saturated rings. The van der Waals surface area contributed by atoms with Gasteiger partial charge in [-0.25, -0.2) is 0 Å². The number of aryl methyl sites for hydroxylation is 1. The smallest absolute Gasteiger partial charge is 0.228 e. The van der Waals surface area contributed by atoms with Crippen LogP contribution in [0.1, 0.15) is 23.1 Å². The lowest BCUT2D eigenvalue weighted by Crippen LogP contribution is -2.37. The van der Waals surface area contributed by atoms with E-state index in [1.54, 1.807) is 17.3 Å². The van der Waals surface area contributed by atoms with Crippen molar-refractivity contribution in [2.45, 2.75) is 26.4 Å². The van der Waals surface area contributed by atoms with Crippen LogP contribution in [0, 0.1) is 12.8 Å². The molecule has 1 atom stereocenters. The number of carbonyl (C=O) groups excluding carboxylic acids is 2. The molecule has 0 spiro atoms. The standard InChI is InChI=1S/C25H25N3O2/c1-19-8-5-6-10-21(19)17-27(16-20-9-7-13-26-15-20)25(30)22-14-24(29)28(18-22)23-11-3-2-4-12-23/h2-13,15,22H,14,16-18H2,1H3. The topological polar surface area (TPSA) is 53.5 Å². The molecule has 0 aliphatic carbocycles. The molecule has 5 heteroatoms. The van der Waals surface area contributed by atoms with E-state index in [1.165, 1.54) is 0 Å². The van der Waals surface area contributed by atoms with Gasteiger partial charge in [-0.3, -0.25) is 14.6 Å². The Morgan fingerprint density at radius 1 is 1.03 bits per heavy atom. The van der Waals surface area contributed by atoms with Crippen molar-refractivity contribution in [2.75, 3.05) is 11.4 Å². The first-order valence-electron chi connectivity index (χ1n) is 10.2. The number of carbonyl (C=O) groups is 2. The van der Waals surface area contributed by atoms with Gasteiger partial charge in [-0.05, 0) is 41.8 Å². The molecule has 0 bridgehead atoms. The fraction of sp³-hybridized carbons (Fsp3) is 0.240. The van der Waals surface area contributed by atoms with Crippen LogP contribution in [0.25, 0.3) is 0 Å². The van der Waals surface area contributed by atoms with Crippen LogP contribution in [-0.2, 0) is 22.7 Å². The summed E-state index contributed by atoms with van der Waals surface area (Å²) in [6.45, 7) is 3.45. The van der Waals surface area contributed by atoms with Gasteiger partial charge in [0, 0.05) is 44.1 Å². The first kappa shape index (κ1) is 19.8. The average Bonchev–Trinajstić information content (AvgIpc) is 3.17. The molecule has 30 heavy (non-hydrogen) atoms. The van der Waals surface area contributed by atoms with Gasteiger partial charge in [-0.1, -0.05) is 48.5 Å². The molecule has 1 aliphatic rings. The first-order valence-corrected chi connectivity index (χ1v) is 10.2. The van der Waals surface area contributed by atoms with Crippen LogP contribution in [0.4, 0.5) is 5.69 Å². The van der Waals surface area contributed by atoms with Gasteiger partial charge >= 0.3 is 0 Å². The SMILES string of the molecule is Cc1ccccc1CN(Cc1cccnc1)C(=O)C1CC(=O)N(c2ccccc2)C1. The van der Waals surface area contributed by atoms with Crippen molar-refractivity contribution in [2.24, 2.45) is 5.92 Å². The van der Waals surface area contributed by atoms with E-state index in [0.717, 1.165) is 22.4 Å². The van der Waals surface area contributed by atoms with Crippen LogP contribution in [0.3, 0.4) is 0 Å². The molecule has 2 amide bonds. The normalized spacial score (nSPS) is 16.0. The van der Waals surface area contributed by atoms with Crippen molar-refractivity contribution in [3.8, 4) is 0 Å². The van der Waals surface area contributed by atoms with Gasteiger partial charge in [-0.2, -0.15) is 0 Å². The molecular formula is C25H25N3O2. The lowest BCUT2D eigenvalue weighted by Gasteiger charge is -2.26. The Hall–Kier alpha value is -3.47. The number of anilines is 1. The quantitative estimate of drug-likeness (QED) is 0.630. The van der Waals surface area contributed by atoms with E-state index in [9.17, 15) is 9.59 Å². The van der Waals surface area contributed by atoms with Crippen molar-refractivity contribution < 1.29 is 9.59 Å². The summed E-state index contributed by atoms with van der Waals surface area (Å²) in [6, 6.07) is 21.5. The van der Waals surface area contributed by atoms with E-state index in [1.807, 2.05) is 59.5 Å². The number of nitrogens with zero attached hydrogens (tertiary/aromatic N) is 3. The van der Waals surface area contributed by atoms with E-state index in [2.05, 4.69) is 24.0 Å². The van der Waals surface area contributed by atoms with Gasteiger partial charge in [0.2, 0.25) is 11.8 Å². The van der Waals surface area contributed by atoms with Crippen LogP contribution in [0.5, 0.6) is 0 Å². The van der Waals surface area contributed by atoms with E-state index >= 15 is 0 Å². The fourth-order valence-corrected chi connectivity index (χ4v) is 3.91. The van der Waals surface area contributed by atoms with E-state index in [-0.39, 0.29) is 24.2 Å². The Balaban J connectivity index is 1.56. The van der Waals surface area contributed by atoms with E-state index in [4.69, 9.17) is 0 Å². The van der Waals surface area contributed by atoms with Gasteiger partial charge < -0.3 is 9.80 Å². The molecule has 2 heterocycles. The predicted molar refractivity (Wildman–Crippen MR) is 117 cm³/mol. The Bertz CT molecular complexity index is 1020. The van der Waals surface area contributed by atoms with Gasteiger partial charge in [0.25, 0.3) is 0 Å². The van der Waals surface area contributed by atoms with Crippen LogP contribution < -0.4 is 4.90 Å². The summed E-state index contributed by atoms with van der Waals surface area (Å²) in [5.74, 6) is -0.343. The molecule has 4 rings (SSSR count). The Morgan fingerprint density at radius 2 is 1.80 bits per heavy atom. The van der Waals surface area contributed by atoms with Crippen molar-refractivity contribution in [3.05, 3.63) is 95.8 Å². The lowest BCUT2D eigenvalue weighted by atomic mass is 10.0. The molecule has 2 aromatic carbocycles. The van der Waals surface area contributed by atoms with Crippen LogP contribution in [-0.4, -0.2) is 28.2 Å². The minimum atomic E-state index is -0.349. The number of amides is 2. The van der Waals surface area contributed by atoms with Crippen molar-refractivity contribution in [1.82, 2.24) is 9.88 Å². The maximum Gasteiger partial charge on any atom is 0.228 e. The Morgan fingerprint density at radius 3 is 2.53 bits per heavy atom. The van der Waals surface area contributed by atoms with Crippen LogP contribution in [0.15, 0.2) is 79.1 Å². The van der Waals surface area contributed by atoms with Gasteiger partial charge in [-0.15, -0.1) is 0 Å². The third-order valence-electron chi connectivity index (χ3n) is 5.57. The second kappa shape index (κ2) is 8.91. The van der Waals surface area contributed by atoms with Gasteiger partial charge in [0.05, 0.1) is 5.92 Å². The first-order chi connectivity index (χ1) is 14.6. The zero-order chi connectivity index (χ0) is 20.9. The summed E-state index contributed by atoms with van der Waals surface area (Å²) in [5.41, 5.74) is 4.08. The van der Waals surface area contributed by atoms with Crippen molar-refractivity contribution >= 4 is 17.5 Å². The molecule has 3 aromatic rings. The summed E-state index contributed by atoms with van der Waals surface area (Å²) >= 11 is 0. The number of hydrogen-bond donors (Lipinski definition) is 0. The minimum absolute atomic E-state index is 0.00299. The van der Waals surface area contributed by atoms with E-state index in [0.29, 0.717) is 19.6 Å². The monoisotopic (exact) mass is 399 g/mol. The molecule has 152 valence electrons. The molecular weight excluding hydrogens is 374 g/mol. The molecule has 1 aromatic heterocycles. The zero-order valence-electron chi connectivity index (χ0n) is 17.1. The predicted octanol–water partition coefficient (Wildman–Crippen LogP) is 3.97. The van der Waals surface area contributed by atoms with Gasteiger partial charge in [0.1, 0.15) is 0 Å². The third kappa shape index (κ3) is 4.40. The summed E-state index contributed by atoms with van der Waals surface area (Å²) in [6.07, 6.45) is 3.75. The molecule has 1 saturated heterocycles. The molecule has 1 unspecified atom stereocenters. The largest absolute Gasteiger partial charge is 0.334 e. The average molecular weight is 399 g/mol. The van der Waals surface area contributed by atoms with Gasteiger partial charge in [0.15, 0.2) is 0 Å². The maximum absolute atomic E-state index is 13.5. The number of aromatic nitrogens is 1. The highest BCUT2D eigenvalue weighted by Crippen LogP contribution is 2.27. The summed E-state index contributed by atoms with van der Waals surface area (Å²) in [5, 5.41) is 0. The number of rotatable bonds is 6. The molecule has 0 saturated carbocycles. The fourth-order valence-electron chi connectivity index (χ4n) is 3.91. The number of para-hydroxylation sites is 1. The number of hydrogen-bond acceptors (Lipinski definition) is 3. The number of benzene rings is 2. The summed E-state index contributed by atoms with van der Waals surface area (Å²) in [7, 11) is 0. The Kier molecular flexibility index (Phi) is 5.89. The summed E-state index contributed by atoms with van der Waals surface area (Å²) in [4.78, 5) is 33.9. The molecule has 5 nitrogen and oxygen atoms in total. The van der Waals surface area contributed by atoms with Crippen molar-refractivity contribution in [1.29, 1.82) is 0 Å². The van der Waals surface area contributed by atoms with E-state index < -0.39 is 0 Å². The molecule has 0 N–H and O–H groups in total. The zero-order valence-corrected chi connectivity index (χ0v) is 17.1. The van der Waals surface area contributed by atoms with Crippen molar-refractivity contribution in [3.63, 3.8) is 0 Å². The maximum atomic E-state index is 13.5. The molecule has 0 radical (unpaired) electrons. The Labute approximate surface area is 177 Å². The van der Waals surface area contributed by atoms with Crippen LogP contribution >= 0.6 is 0 Å². The second-order valence-corrected chi connectivity index (χ2v) is 7.72.